The van der Waals surface area contributed by atoms with Gasteiger partial charge in [0.1, 0.15) is 17.5 Å². The Balaban J connectivity index is 1.30. The van der Waals surface area contributed by atoms with Gasteiger partial charge in [-0.1, -0.05) is 20.3 Å². The first kappa shape index (κ1) is 22.7. The Morgan fingerprint density at radius 2 is 1.81 bits per heavy atom. The molecule has 4 heterocycles. The van der Waals surface area contributed by atoms with E-state index in [0.717, 1.165) is 73.6 Å². The second-order valence-electron chi connectivity index (χ2n) is 8.60. The number of nitrogens with zero attached hydrogens (tertiary/aromatic N) is 6. The molecule has 8 heteroatoms. The van der Waals surface area contributed by atoms with Crippen molar-refractivity contribution < 1.29 is 0 Å². The molecule has 1 fully saturated rings. The van der Waals surface area contributed by atoms with Crippen molar-refractivity contribution in [3.63, 3.8) is 0 Å². The molecule has 1 aliphatic rings. The van der Waals surface area contributed by atoms with Gasteiger partial charge in [-0.05, 0) is 45.2 Å². The minimum Gasteiger partial charge on any atom is -0.316 e. The molecule has 0 bridgehead atoms. The molecule has 1 saturated heterocycles. The predicted octanol–water partition coefficient (Wildman–Crippen LogP) is 4.74. The largest absolute Gasteiger partial charge is 0.316 e. The molecule has 0 aliphatic carbocycles. The Labute approximate surface area is 194 Å². The van der Waals surface area contributed by atoms with E-state index >= 15 is 0 Å². The van der Waals surface area contributed by atoms with Crippen LogP contribution in [0.25, 0.3) is 0 Å². The highest BCUT2D eigenvalue weighted by molar-refractivity contribution is 7.15. The fourth-order valence-corrected chi connectivity index (χ4v) is 5.05. The summed E-state index contributed by atoms with van der Waals surface area (Å²) in [5.41, 5.74) is 2.19. The molecule has 1 aliphatic heterocycles. The number of likely N-dealkylation sites (tertiary alicyclic amines) is 1. The summed E-state index contributed by atoms with van der Waals surface area (Å²) in [5.74, 6) is 3.31. The van der Waals surface area contributed by atoms with Crippen LogP contribution in [-0.4, -0.2) is 42.9 Å². The number of aryl methyl sites for hydroxylation is 3. The molecule has 0 amide bonds. The van der Waals surface area contributed by atoms with E-state index in [1.165, 1.54) is 23.3 Å². The maximum Gasteiger partial charge on any atom is 0.188 e. The normalized spacial score (nSPS) is 15.2. The molecule has 32 heavy (non-hydrogen) atoms. The topological polar surface area (TPSA) is 79.7 Å². The number of anilines is 2. The molecule has 3 aromatic rings. The van der Waals surface area contributed by atoms with Gasteiger partial charge in [0.15, 0.2) is 5.13 Å². The van der Waals surface area contributed by atoms with E-state index in [-0.39, 0.29) is 0 Å². The zero-order valence-corrected chi connectivity index (χ0v) is 20.2. The van der Waals surface area contributed by atoms with Crippen LogP contribution in [-0.2, 0) is 25.8 Å². The Hall–Kier alpha value is -2.45. The Morgan fingerprint density at radius 3 is 2.53 bits per heavy atom. The van der Waals surface area contributed by atoms with Crippen molar-refractivity contribution >= 4 is 22.3 Å². The second kappa shape index (κ2) is 10.9. The van der Waals surface area contributed by atoms with Gasteiger partial charge >= 0.3 is 0 Å². The summed E-state index contributed by atoms with van der Waals surface area (Å²) < 4.78 is 0. The first-order valence-electron chi connectivity index (χ1n) is 11.7. The fraction of sp³-hybridized carbons (Fsp3) is 0.542. The highest BCUT2D eigenvalue weighted by Gasteiger charge is 2.21. The van der Waals surface area contributed by atoms with E-state index in [9.17, 15) is 0 Å². The number of piperidine rings is 1. The van der Waals surface area contributed by atoms with E-state index in [2.05, 4.69) is 39.0 Å². The van der Waals surface area contributed by atoms with Crippen molar-refractivity contribution in [2.45, 2.75) is 65.8 Å². The predicted molar refractivity (Wildman–Crippen MR) is 129 cm³/mol. The molecule has 0 aromatic carbocycles. The summed E-state index contributed by atoms with van der Waals surface area (Å²) in [4.78, 5) is 26.7. The van der Waals surface area contributed by atoms with Crippen LogP contribution in [0.2, 0.25) is 0 Å². The molecule has 170 valence electrons. The molecule has 0 radical (unpaired) electrons. The highest BCUT2D eigenvalue weighted by Crippen LogP contribution is 2.25. The summed E-state index contributed by atoms with van der Waals surface area (Å²) in [5, 5.41) is 4.28. The number of hydrogen-bond acceptors (Lipinski definition) is 8. The van der Waals surface area contributed by atoms with Crippen LogP contribution >= 0.6 is 11.3 Å². The van der Waals surface area contributed by atoms with Crippen molar-refractivity contribution in [1.82, 2.24) is 29.8 Å². The Bertz CT molecular complexity index is 994. The van der Waals surface area contributed by atoms with Gasteiger partial charge in [0.2, 0.25) is 0 Å². The molecule has 7 nitrogen and oxygen atoms in total. The third-order valence-electron chi connectivity index (χ3n) is 5.85. The lowest BCUT2D eigenvalue weighted by Crippen LogP contribution is -2.34. The lowest BCUT2D eigenvalue weighted by Gasteiger charge is -2.31. The van der Waals surface area contributed by atoms with Gasteiger partial charge in [-0.3, -0.25) is 4.90 Å². The van der Waals surface area contributed by atoms with Gasteiger partial charge in [0.25, 0.3) is 0 Å². The molecule has 0 saturated carbocycles. The van der Waals surface area contributed by atoms with Crippen molar-refractivity contribution in [1.29, 1.82) is 0 Å². The molecule has 3 aromatic heterocycles. The fourth-order valence-electron chi connectivity index (χ4n) is 4.13. The summed E-state index contributed by atoms with van der Waals surface area (Å²) in [6, 6.07) is 2.00. The van der Waals surface area contributed by atoms with E-state index in [0.29, 0.717) is 5.92 Å². The monoisotopic (exact) mass is 451 g/mol. The second-order valence-corrected chi connectivity index (χ2v) is 9.72. The summed E-state index contributed by atoms with van der Waals surface area (Å²) in [6.45, 7) is 9.43. The third kappa shape index (κ3) is 6.29. The smallest absolute Gasteiger partial charge is 0.188 e. The SMILES string of the molecule is CCCc1cnc(Nc2cc(C)nc(CC3CCN(Cc4cnc(CC)nc4)CC3)n2)s1. The van der Waals surface area contributed by atoms with Crippen LogP contribution in [0.15, 0.2) is 24.7 Å². The maximum absolute atomic E-state index is 4.80. The van der Waals surface area contributed by atoms with Gasteiger partial charge in [-0.25, -0.2) is 24.9 Å². The number of thiazole rings is 1. The van der Waals surface area contributed by atoms with Crippen LogP contribution < -0.4 is 5.32 Å². The average Bonchev–Trinajstić information content (AvgIpc) is 3.22. The van der Waals surface area contributed by atoms with E-state index in [1.54, 1.807) is 11.3 Å². The molecule has 0 unspecified atom stereocenters. The van der Waals surface area contributed by atoms with Gasteiger partial charge in [0.05, 0.1) is 0 Å². The Morgan fingerprint density at radius 1 is 1.03 bits per heavy atom. The molecule has 1 N–H and O–H groups in total. The van der Waals surface area contributed by atoms with Crippen LogP contribution in [0.4, 0.5) is 10.9 Å². The molecule has 0 spiro atoms. The summed E-state index contributed by atoms with van der Waals surface area (Å²) >= 11 is 1.71. The number of nitrogens with one attached hydrogen (secondary N) is 1. The van der Waals surface area contributed by atoms with Crippen LogP contribution in [0, 0.1) is 12.8 Å². The molecular weight excluding hydrogens is 418 g/mol. The quantitative estimate of drug-likeness (QED) is 0.503. The summed E-state index contributed by atoms with van der Waals surface area (Å²) in [6.07, 6.45) is 12.3. The molecule has 4 rings (SSSR count). The van der Waals surface area contributed by atoms with Crippen molar-refractivity contribution in [3.05, 3.63) is 52.4 Å². The maximum atomic E-state index is 4.80. The standard InChI is InChI=1S/C24H33N7S/c1-4-6-20-15-27-24(32-20)30-22-11-17(3)28-23(29-22)12-18-7-9-31(10-8-18)16-19-13-25-21(5-2)26-14-19/h11,13-15,18H,4-10,12,16H2,1-3H3,(H,27,28,29,30). The van der Waals surface area contributed by atoms with Gasteiger partial charge in [0, 0.05) is 60.2 Å². The Kier molecular flexibility index (Phi) is 7.76. The first-order chi connectivity index (χ1) is 15.6. The van der Waals surface area contributed by atoms with E-state index in [4.69, 9.17) is 9.97 Å². The average molecular weight is 452 g/mol. The zero-order valence-electron chi connectivity index (χ0n) is 19.3. The van der Waals surface area contributed by atoms with Gasteiger partial charge in [-0.15, -0.1) is 11.3 Å². The van der Waals surface area contributed by atoms with Crippen LogP contribution in [0.5, 0.6) is 0 Å². The lowest BCUT2D eigenvalue weighted by atomic mass is 9.93. The van der Waals surface area contributed by atoms with Crippen LogP contribution in [0.3, 0.4) is 0 Å². The molecular formula is C24H33N7S. The lowest BCUT2D eigenvalue weighted by molar-refractivity contribution is 0.175. The van der Waals surface area contributed by atoms with Crippen LogP contribution in [0.1, 0.15) is 60.9 Å². The number of rotatable bonds is 9. The minimum atomic E-state index is 0.621. The van der Waals surface area contributed by atoms with E-state index in [1.807, 2.05) is 31.6 Å². The first-order valence-corrected chi connectivity index (χ1v) is 12.5. The zero-order chi connectivity index (χ0) is 22.3. The minimum absolute atomic E-state index is 0.621. The number of hydrogen-bond donors (Lipinski definition) is 1. The van der Waals surface area contributed by atoms with Gasteiger partial charge < -0.3 is 5.32 Å². The number of aromatic nitrogens is 5. The van der Waals surface area contributed by atoms with Crippen molar-refractivity contribution in [2.24, 2.45) is 5.92 Å². The highest BCUT2D eigenvalue weighted by atomic mass is 32.1. The van der Waals surface area contributed by atoms with Crippen molar-refractivity contribution in [2.75, 3.05) is 18.4 Å². The van der Waals surface area contributed by atoms with Crippen molar-refractivity contribution in [3.8, 4) is 0 Å². The summed E-state index contributed by atoms with van der Waals surface area (Å²) in [7, 11) is 0. The van der Waals surface area contributed by atoms with Gasteiger partial charge in [-0.2, -0.15) is 0 Å². The third-order valence-corrected chi connectivity index (χ3v) is 6.82. The molecule has 0 atom stereocenters. The van der Waals surface area contributed by atoms with E-state index < -0.39 is 0 Å².